The number of aryl methyl sites for hydroxylation is 2. The molecule has 14 nitrogen and oxygen atoms in total. The van der Waals surface area contributed by atoms with Crippen LogP contribution in [0.3, 0.4) is 0 Å². The van der Waals surface area contributed by atoms with Gasteiger partial charge in [-0.05, 0) is 101 Å². The van der Waals surface area contributed by atoms with Gasteiger partial charge < -0.3 is 25.8 Å². The van der Waals surface area contributed by atoms with E-state index in [1.54, 1.807) is 50.6 Å². The fraction of sp³-hybridized carbons (Fsp3) is 0.250. The molecule has 0 aliphatic carbocycles. The van der Waals surface area contributed by atoms with Crippen LogP contribution >= 0.6 is 12.2 Å². The molecule has 2 atom stereocenters. The Hall–Kier alpha value is -6.14. The zero-order chi connectivity index (χ0) is 41.5. The number of methoxy groups -OCH3 is 2. The summed E-state index contributed by atoms with van der Waals surface area (Å²) in [5.41, 5.74) is 9.50. The molecular formula is C40H46F2N10O4S. The average molecular weight is 801 g/mol. The van der Waals surface area contributed by atoms with Gasteiger partial charge in [0.1, 0.15) is 11.6 Å². The number of aliphatic imine (C=N–C) groups is 1. The number of carbonyl (C=O) groups excluding carboxylic acids is 2. The maximum absolute atomic E-state index is 13.4. The number of H-pyrrole nitrogens is 2. The quantitative estimate of drug-likeness (QED) is 0.0491. The number of rotatable bonds is 9. The van der Waals surface area contributed by atoms with E-state index < -0.39 is 0 Å². The summed E-state index contributed by atoms with van der Waals surface area (Å²) in [5.74, 6) is -0.249. The minimum absolute atomic E-state index is 0.119. The van der Waals surface area contributed by atoms with Crippen molar-refractivity contribution < 1.29 is 27.8 Å². The number of fused-ring (bicyclic) bond motifs is 2. The lowest BCUT2D eigenvalue weighted by molar-refractivity contribution is 0.0968. The molecule has 0 saturated carbocycles. The van der Waals surface area contributed by atoms with Crippen LogP contribution in [-0.4, -0.2) is 82.8 Å². The van der Waals surface area contributed by atoms with Crippen LogP contribution in [0.2, 0.25) is 0 Å². The number of halogens is 2. The molecule has 0 saturated heterocycles. The Bertz CT molecular complexity index is 2290. The third kappa shape index (κ3) is 13.5. The molecule has 2 amide bonds. The summed E-state index contributed by atoms with van der Waals surface area (Å²) in [6.45, 7) is 8.70. The molecule has 0 radical (unpaired) electrons. The molecule has 0 bridgehead atoms. The molecule has 0 spiro atoms. The molecule has 0 aliphatic heterocycles. The highest BCUT2D eigenvalue weighted by Crippen LogP contribution is 2.22. The van der Waals surface area contributed by atoms with E-state index >= 15 is 0 Å². The largest absolute Gasteiger partial charge is 0.383 e. The summed E-state index contributed by atoms with van der Waals surface area (Å²) < 4.78 is 36.3. The first-order valence-electron chi connectivity index (χ1n) is 17.7. The van der Waals surface area contributed by atoms with Crippen molar-refractivity contribution in [1.82, 2.24) is 31.0 Å². The van der Waals surface area contributed by atoms with Crippen LogP contribution in [0.15, 0.2) is 89.9 Å². The molecule has 2 heterocycles. The molecule has 0 aliphatic rings. The molecule has 300 valence electrons. The van der Waals surface area contributed by atoms with E-state index in [-0.39, 0.29) is 46.6 Å². The molecule has 6 aromatic rings. The highest BCUT2D eigenvalue weighted by molar-refractivity contribution is 7.80. The Morgan fingerprint density at radius 1 is 0.737 bits per heavy atom. The molecule has 6 rings (SSSR count). The van der Waals surface area contributed by atoms with E-state index in [1.165, 1.54) is 24.3 Å². The van der Waals surface area contributed by atoms with E-state index in [0.29, 0.717) is 57.8 Å². The molecule has 4 aromatic carbocycles. The van der Waals surface area contributed by atoms with Gasteiger partial charge in [-0.3, -0.25) is 30.4 Å². The van der Waals surface area contributed by atoms with Crippen LogP contribution in [0.4, 0.5) is 20.4 Å². The highest BCUT2D eigenvalue weighted by Gasteiger charge is 2.15. The van der Waals surface area contributed by atoms with Crippen molar-refractivity contribution in [3.63, 3.8) is 0 Å². The maximum atomic E-state index is 13.4. The van der Waals surface area contributed by atoms with Gasteiger partial charge in [0.2, 0.25) is 5.96 Å². The third-order valence-corrected chi connectivity index (χ3v) is 8.00. The van der Waals surface area contributed by atoms with E-state index in [0.717, 1.165) is 11.1 Å². The van der Waals surface area contributed by atoms with Crippen LogP contribution < -0.4 is 27.0 Å². The topological polar surface area (TPSA) is 196 Å². The summed E-state index contributed by atoms with van der Waals surface area (Å²) >= 11 is 5.12. The van der Waals surface area contributed by atoms with E-state index in [2.05, 4.69) is 51.4 Å². The van der Waals surface area contributed by atoms with Crippen molar-refractivity contribution in [2.24, 2.45) is 10.7 Å². The number of hydrogen-bond donors (Lipinski definition) is 7. The SMILES string of the molecule is COC[C@H](C)N.COC[C@H](C)N=C(NC(=O)c1ccc(C)cc1)Nc1n[nH]c2cc(F)ccc12.Cc1ccc(C(=O)NC(=S)Nc2n[nH]c3cc(F)ccc23)cc1. The molecular weight excluding hydrogens is 755 g/mol. The van der Waals surface area contributed by atoms with Crippen molar-refractivity contribution in [3.8, 4) is 0 Å². The van der Waals surface area contributed by atoms with Crippen molar-refractivity contribution in [3.05, 3.63) is 119 Å². The van der Waals surface area contributed by atoms with E-state index in [4.69, 9.17) is 22.7 Å². The summed E-state index contributed by atoms with van der Waals surface area (Å²) in [6, 6.07) is 22.9. The van der Waals surface area contributed by atoms with Crippen molar-refractivity contribution in [1.29, 1.82) is 0 Å². The number of ether oxygens (including phenoxy) is 2. The molecule has 57 heavy (non-hydrogen) atoms. The number of benzene rings is 4. The van der Waals surface area contributed by atoms with Gasteiger partial charge in [0.05, 0.1) is 30.3 Å². The fourth-order valence-corrected chi connectivity index (χ4v) is 5.24. The normalized spacial score (nSPS) is 12.1. The summed E-state index contributed by atoms with van der Waals surface area (Å²) in [6.07, 6.45) is 0. The number of nitrogens with two attached hydrogens (primary N) is 1. The third-order valence-electron chi connectivity index (χ3n) is 7.79. The number of anilines is 2. The minimum atomic E-state index is -0.363. The predicted octanol–water partition coefficient (Wildman–Crippen LogP) is 6.36. The lowest BCUT2D eigenvalue weighted by atomic mass is 10.1. The number of aromatic amines is 2. The maximum Gasteiger partial charge on any atom is 0.257 e. The van der Waals surface area contributed by atoms with Gasteiger partial charge in [-0.1, -0.05) is 35.4 Å². The lowest BCUT2D eigenvalue weighted by Crippen LogP contribution is -2.37. The predicted molar refractivity (Wildman–Crippen MR) is 224 cm³/mol. The number of thiocarbonyl (C=S) groups is 1. The van der Waals surface area contributed by atoms with E-state index in [1.807, 2.05) is 52.0 Å². The van der Waals surface area contributed by atoms with Crippen LogP contribution in [-0.2, 0) is 9.47 Å². The van der Waals surface area contributed by atoms with Gasteiger partial charge in [0.25, 0.3) is 11.8 Å². The number of nitrogens with zero attached hydrogens (tertiary/aromatic N) is 3. The van der Waals surface area contributed by atoms with Crippen LogP contribution in [0.5, 0.6) is 0 Å². The Morgan fingerprint density at radius 3 is 1.63 bits per heavy atom. The van der Waals surface area contributed by atoms with Crippen LogP contribution in [0.1, 0.15) is 45.7 Å². The smallest absolute Gasteiger partial charge is 0.257 e. The molecule has 2 aromatic heterocycles. The van der Waals surface area contributed by atoms with E-state index in [9.17, 15) is 18.4 Å². The van der Waals surface area contributed by atoms with Gasteiger partial charge >= 0.3 is 0 Å². The molecule has 0 unspecified atom stereocenters. The van der Waals surface area contributed by atoms with Crippen LogP contribution in [0.25, 0.3) is 21.8 Å². The zero-order valence-corrected chi connectivity index (χ0v) is 33.2. The number of aromatic nitrogens is 4. The second kappa shape index (κ2) is 21.2. The van der Waals surface area contributed by atoms with Gasteiger partial charge in [0, 0.05) is 42.2 Å². The summed E-state index contributed by atoms with van der Waals surface area (Å²) in [5, 5.41) is 26.3. The van der Waals surface area contributed by atoms with Gasteiger partial charge in [-0.25, -0.2) is 13.8 Å². The first-order valence-corrected chi connectivity index (χ1v) is 18.1. The second-order valence-corrected chi connectivity index (χ2v) is 13.4. The van der Waals surface area contributed by atoms with Gasteiger partial charge in [0.15, 0.2) is 16.7 Å². The van der Waals surface area contributed by atoms with Gasteiger partial charge in [-0.15, -0.1) is 0 Å². The lowest BCUT2D eigenvalue weighted by Gasteiger charge is -2.13. The van der Waals surface area contributed by atoms with Crippen molar-refractivity contribution in [2.45, 2.75) is 39.8 Å². The zero-order valence-electron chi connectivity index (χ0n) is 32.4. The van der Waals surface area contributed by atoms with Crippen LogP contribution in [0, 0.1) is 25.5 Å². The molecule has 8 N–H and O–H groups in total. The monoisotopic (exact) mass is 800 g/mol. The standard InChI is InChI=1S/C20H22FN5O2.C16H13FN4OS.C4H11NO/c1-12-4-6-14(7-5-12)19(27)24-20(22-13(2)11-28-3)23-18-16-9-8-15(21)10-17(16)25-26-18;1-9-2-4-10(5-3-9)15(22)19-16(23)18-14-12-7-6-11(17)8-13(12)20-21-14;1-4(5)3-6-2/h4-10,13H,11H2,1-3H3,(H3,22,23,24,25,26,27);2-8H,1H3,(H3,18,19,20,21,22,23);4H,3,5H2,1-2H3/t13-;;4-/m0.0/s1. The number of amides is 2. The van der Waals surface area contributed by atoms with Gasteiger partial charge in [-0.2, -0.15) is 10.2 Å². The summed E-state index contributed by atoms with van der Waals surface area (Å²) in [4.78, 5) is 29.2. The number of nitrogens with one attached hydrogen (secondary N) is 6. The van der Waals surface area contributed by atoms with Crippen molar-refractivity contribution in [2.75, 3.05) is 38.1 Å². The number of carbonyl (C=O) groups is 2. The minimum Gasteiger partial charge on any atom is -0.383 e. The van der Waals surface area contributed by atoms with Crippen molar-refractivity contribution >= 4 is 68.5 Å². The Morgan fingerprint density at radius 2 is 1.19 bits per heavy atom. The Balaban J connectivity index is 0.000000224. The highest BCUT2D eigenvalue weighted by atomic mass is 32.1. The summed E-state index contributed by atoms with van der Waals surface area (Å²) in [7, 11) is 3.23. The molecule has 17 heteroatoms. The average Bonchev–Trinajstić information content (AvgIpc) is 3.74. The Kier molecular flexibility index (Phi) is 16.2. The number of guanidine groups is 1. The Labute approximate surface area is 334 Å². The molecule has 0 fully saturated rings. The first kappa shape index (κ1) is 43.6. The first-order chi connectivity index (χ1) is 27.3. The second-order valence-electron chi connectivity index (χ2n) is 13.0. The number of hydrogen-bond acceptors (Lipinski definition) is 9. The fourth-order valence-electron chi connectivity index (χ4n) is 5.05.